The number of rotatable bonds is 8. The van der Waals surface area contributed by atoms with E-state index in [4.69, 9.17) is 0 Å². The van der Waals surface area contributed by atoms with Crippen molar-refractivity contribution in [1.29, 1.82) is 0 Å². The summed E-state index contributed by atoms with van der Waals surface area (Å²) in [6.45, 7) is -0.297. The number of carboxylic acids is 1. The van der Waals surface area contributed by atoms with Crippen molar-refractivity contribution in [2.45, 2.75) is 18.6 Å². The van der Waals surface area contributed by atoms with Crippen LogP contribution in [-0.4, -0.2) is 62.8 Å². The van der Waals surface area contributed by atoms with Crippen molar-refractivity contribution in [2.24, 2.45) is 0 Å². The van der Waals surface area contributed by atoms with Crippen LogP contribution in [-0.2, 0) is 9.59 Å². The van der Waals surface area contributed by atoms with Gasteiger partial charge >= 0.3 is 5.97 Å². The maximum atomic E-state index is 13.9. The summed E-state index contributed by atoms with van der Waals surface area (Å²) in [6, 6.07) is 13.1. The van der Waals surface area contributed by atoms with Gasteiger partial charge in [-0.3, -0.25) is 29.3 Å². The van der Waals surface area contributed by atoms with E-state index in [0.29, 0.717) is 0 Å². The minimum atomic E-state index is -1.61. The number of nitro benzene ring substituents is 1. The molecule has 0 spiro atoms. The van der Waals surface area contributed by atoms with E-state index < -0.39 is 58.9 Å². The van der Waals surface area contributed by atoms with Gasteiger partial charge in [-0.2, -0.15) is 0 Å². The maximum Gasteiger partial charge on any atom is 0.305 e. The summed E-state index contributed by atoms with van der Waals surface area (Å²) >= 11 is 0. The normalized spacial score (nSPS) is 15.4. The Morgan fingerprint density at radius 2 is 1.48 bits per heavy atom. The maximum absolute atomic E-state index is 13.9. The van der Waals surface area contributed by atoms with E-state index in [1.54, 1.807) is 0 Å². The molecule has 2 atom stereocenters. The molecule has 1 aliphatic heterocycles. The van der Waals surface area contributed by atoms with Crippen LogP contribution in [0.3, 0.4) is 0 Å². The van der Waals surface area contributed by atoms with E-state index in [1.807, 2.05) is 0 Å². The van der Waals surface area contributed by atoms with Gasteiger partial charge in [-0.25, -0.2) is 8.78 Å². The predicted molar refractivity (Wildman–Crippen MR) is 135 cm³/mol. The fourth-order valence-electron chi connectivity index (χ4n) is 4.41. The van der Waals surface area contributed by atoms with Crippen molar-refractivity contribution in [1.82, 2.24) is 15.1 Å². The highest BCUT2D eigenvalue weighted by Gasteiger charge is 2.44. The molecule has 0 aliphatic carbocycles. The Morgan fingerprint density at radius 1 is 0.900 bits per heavy atom. The first kappa shape index (κ1) is 27.8. The van der Waals surface area contributed by atoms with Crippen molar-refractivity contribution in [2.75, 3.05) is 13.1 Å². The lowest BCUT2D eigenvalue weighted by Gasteiger charge is -2.31. The first-order chi connectivity index (χ1) is 19.0. The summed E-state index contributed by atoms with van der Waals surface area (Å²) in [7, 11) is 0. The van der Waals surface area contributed by atoms with Crippen molar-refractivity contribution in [3.05, 3.63) is 111 Å². The fraction of sp³-hybridized carbons (Fsp3) is 0.185. The summed E-state index contributed by atoms with van der Waals surface area (Å²) in [4.78, 5) is 64.6. The Balaban J connectivity index is 1.70. The summed E-state index contributed by atoms with van der Waals surface area (Å²) in [5.41, 5.74) is -0.318. The molecular weight excluding hydrogens is 530 g/mol. The van der Waals surface area contributed by atoms with E-state index in [0.717, 1.165) is 40.1 Å². The molecule has 0 radical (unpaired) electrons. The Hall–Kier alpha value is -5.20. The second-order valence-electron chi connectivity index (χ2n) is 8.90. The van der Waals surface area contributed by atoms with Gasteiger partial charge in [0.15, 0.2) is 6.17 Å². The zero-order valence-electron chi connectivity index (χ0n) is 20.7. The van der Waals surface area contributed by atoms with Gasteiger partial charge in [-0.05, 0) is 42.0 Å². The number of nitrogens with zero attached hydrogens (tertiary/aromatic N) is 3. The SMILES string of the molecule is O=C(O)CC(NC(=O)C1N(C(=O)c2cccc(F)c2)CCN1C(=O)c1cccc([N+](=O)[O-])c1)c1ccc(F)cc1. The van der Waals surface area contributed by atoms with Gasteiger partial charge in [0, 0.05) is 36.3 Å². The van der Waals surface area contributed by atoms with Crippen LogP contribution in [0.4, 0.5) is 14.5 Å². The lowest BCUT2D eigenvalue weighted by atomic mass is 10.0. The Morgan fingerprint density at radius 3 is 2.02 bits per heavy atom. The zero-order valence-corrected chi connectivity index (χ0v) is 20.7. The van der Waals surface area contributed by atoms with Crippen LogP contribution in [0, 0.1) is 21.7 Å². The predicted octanol–water partition coefficient (Wildman–Crippen LogP) is 3.13. The minimum Gasteiger partial charge on any atom is -0.481 e. The number of amides is 3. The third-order valence-corrected chi connectivity index (χ3v) is 6.27. The minimum absolute atomic E-state index is 0.0944. The molecule has 1 heterocycles. The van der Waals surface area contributed by atoms with Gasteiger partial charge in [0.05, 0.1) is 17.4 Å². The molecule has 0 bridgehead atoms. The topological polar surface area (TPSA) is 150 Å². The molecule has 0 aromatic heterocycles. The van der Waals surface area contributed by atoms with Crippen LogP contribution in [0.25, 0.3) is 0 Å². The molecule has 4 rings (SSSR count). The average Bonchev–Trinajstić information content (AvgIpc) is 3.37. The lowest BCUT2D eigenvalue weighted by Crippen LogP contribution is -2.54. The number of benzene rings is 3. The van der Waals surface area contributed by atoms with Gasteiger partial charge in [0.25, 0.3) is 23.4 Å². The van der Waals surface area contributed by atoms with E-state index >= 15 is 0 Å². The number of carbonyl (C=O) groups excluding carboxylic acids is 3. The summed E-state index contributed by atoms with van der Waals surface area (Å²) < 4.78 is 27.3. The molecule has 3 amide bonds. The van der Waals surface area contributed by atoms with Crippen molar-refractivity contribution < 1.29 is 38.0 Å². The highest BCUT2D eigenvalue weighted by molar-refractivity contribution is 6.02. The zero-order chi connectivity index (χ0) is 29.0. The van der Waals surface area contributed by atoms with Crippen LogP contribution in [0.1, 0.15) is 38.7 Å². The highest BCUT2D eigenvalue weighted by Crippen LogP contribution is 2.25. The molecule has 2 N–H and O–H groups in total. The molecule has 1 fully saturated rings. The van der Waals surface area contributed by atoms with E-state index in [2.05, 4.69) is 5.32 Å². The molecule has 11 nitrogen and oxygen atoms in total. The van der Waals surface area contributed by atoms with Crippen molar-refractivity contribution in [3.8, 4) is 0 Å². The van der Waals surface area contributed by atoms with Gasteiger partial charge in [0.2, 0.25) is 0 Å². The molecule has 0 saturated carbocycles. The lowest BCUT2D eigenvalue weighted by molar-refractivity contribution is -0.384. The second-order valence-corrected chi connectivity index (χ2v) is 8.90. The van der Waals surface area contributed by atoms with E-state index in [1.165, 1.54) is 42.5 Å². The van der Waals surface area contributed by atoms with Crippen LogP contribution < -0.4 is 5.32 Å². The summed E-state index contributed by atoms with van der Waals surface area (Å²) in [5, 5.41) is 23.2. The van der Waals surface area contributed by atoms with Gasteiger partial charge in [-0.1, -0.05) is 24.3 Å². The number of nitro groups is 1. The van der Waals surface area contributed by atoms with Gasteiger partial charge < -0.3 is 20.2 Å². The van der Waals surface area contributed by atoms with E-state index in [-0.39, 0.29) is 35.5 Å². The summed E-state index contributed by atoms with van der Waals surface area (Å²) in [5.74, 6) is -5.07. The second kappa shape index (κ2) is 11.7. The van der Waals surface area contributed by atoms with Crippen LogP contribution in [0.15, 0.2) is 72.8 Å². The van der Waals surface area contributed by atoms with E-state index in [9.17, 15) is 43.2 Å². The molecule has 2 unspecified atom stereocenters. The molecule has 40 heavy (non-hydrogen) atoms. The largest absolute Gasteiger partial charge is 0.481 e. The quantitative estimate of drug-likeness (QED) is 0.322. The Labute approximate surface area is 225 Å². The monoisotopic (exact) mass is 552 g/mol. The fourth-order valence-corrected chi connectivity index (χ4v) is 4.41. The number of non-ortho nitro benzene ring substituents is 1. The molecule has 1 saturated heterocycles. The standard InChI is InChI=1S/C27H22F2N4O7/c28-19-9-7-16(8-10-19)22(15-23(34)35)30-24(36)25-31(26(37)17-3-1-5-20(29)13-17)11-12-32(25)27(38)18-4-2-6-21(14-18)33(39)40/h1-10,13-14,22,25H,11-12,15H2,(H,30,36)(H,34,35). The highest BCUT2D eigenvalue weighted by atomic mass is 19.1. The number of nitrogens with one attached hydrogen (secondary N) is 1. The summed E-state index contributed by atoms with van der Waals surface area (Å²) in [6.07, 6.45) is -2.21. The molecule has 1 aliphatic rings. The molecule has 13 heteroatoms. The smallest absolute Gasteiger partial charge is 0.305 e. The van der Waals surface area contributed by atoms with Crippen LogP contribution in [0.2, 0.25) is 0 Å². The first-order valence-electron chi connectivity index (χ1n) is 11.9. The Bertz CT molecular complexity index is 1480. The molecular formula is C27H22F2N4O7. The molecule has 3 aromatic rings. The number of hydrogen-bond donors (Lipinski definition) is 2. The third kappa shape index (κ3) is 6.09. The molecule has 3 aromatic carbocycles. The number of carboxylic acid groups (broad SMARTS) is 1. The van der Waals surface area contributed by atoms with Gasteiger partial charge in [0.1, 0.15) is 11.6 Å². The number of hydrogen-bond acceptors (Lipinski definition) is 6. The third-order valence-electron chi connectivity index (χ3n) is 6.27. The Kier molecular flexibility index (Phi) is 8.12. The van der Waals surface area contributed by atoms with Crippen molar-refractivity contribution in [3.63, 3.8) is 0 Å². The number of aliphatic carboxylic acids is 1. The number of carbonyl (C=O) groups is 4. The number of halogens is 2. The van der Waals surface area contributed by atoms with Crippen molar-refractivity contribution >= 4 is 29.4 Å². The first-order valence-corrected chi connectivity index (χ1v) is 11.9. The van der Waals surface area contributed by atoms with Gasteiger partial charge in [-0.15, -0.1) is 0 Å². The molecule has 206 valence electrons. The van der Waals surface area contributed by atoms with Crippen LogP contribution in [0.5, 0.6) is 0 Å². The average molecular weight is 552 g/mol. The van der Waals surface area contributed by atoms with Crippen LogP contribution >= 0.6 is 0 Å².